The summed E-state index contributed by atoms with van der Waals surface area (Å²) in [5.41, 5.74) is 0.179. The first-order valence-electron chi connectivity index (χ1n) is 4.83. The molecule has 2 rings (SSSR count). The Kier molecular flexibility index (Phi) is 3.68. The molecule has 0 saturated carbocycles. The summed E-state index contributed by atoms with van der Waals surface area (Å²) in [5, 5.41) is 13.1. The highest BCUT2D eigenvalue weighted by Crippen LogP contribution is 2.28. The number of pyridine rings is 1. The molecule has 19 heavy (non-hydrogen) atoms. The molecule has 0 aliphatic carbocycles. The Morgan fingerprint density at radius 2 is 2.11 bits per heavy atom. The van der Waals surface area contributed by atoms with Gasteiger partial charge >= 0.3 is 5.88 Å². The second-order valence-electron chi connectivity index (χ2n) is 3.33. The predicted molar refractivity (Wildman–Crippen MR) is 67.6 cm³/mol. The van der Waals surface area contributed by atoms with E-state index in [1.165, 1.54) is 18.5 Å². The molecule has 0 saturated heterocycles. The molecule has 0 spiro atoms. The Bertz CT molecular complexity index is 656. The molecule has 0 bridgehead atoms. The molecular formula is C10H5Cl2N3O4. The number of nitrogens with zero attached hydrogens (tertiary/aromatic N) is 2. The van der Waals surface area contributed by atoms with E-state index in [0.29, 0.717) is 0 Å². The summed E-state index contributed by atoms with van der Waals surface area (Å²) in [6.45, 7) is 0. The Morgan fingerprint density at radius 3 is 2.74 bits per heavy atom. The predicted octanol–water partition coefficient (Wildman–Crippen LogP) is 3.14. The van der Waals surface area contributed by atoms with E-state index >= 15 is 0 Å². The first-order valence-corrected chi connectivity index (χ1v) is 5.59. The molecule has 2 heterocycles. The number of carbonyl (C=O) groups excluding carboxylic acids is 1. The first kappa shape index (κ1) is 13.3. The van der Waals surface area contributed by atoms with E-state index in [4.69, 9.17) is 27.6 Å². The van der Waals surface area contributed by atoms with E-state index in [9.17, 15) is 14.9 Å². The number of halogens is 2. The van der Waals surface area contributed by atoms with Crippen LogP contribution in [0.15, 0.2) is 28.9 Å². The maximum absolute atomic E-state index is 11.8. The van der Waals surface area contributed by atoms with Crippen molar-refractivity contribution in [2.45, 2.75) is 0 Å². The van der Waals surface area contributed by atoms with Crippen LogP contribution in [0.1, 0.15) is 10.6 Å². The molecule has 2 aromatic heterocycles. The van der Waals surface area contributed by atoms with Crippen LogP contribution in [0.5, 0.6) is 0 Å². The van der Waals surface area contributed by atoms with Gasteiger partial charge in [-0.1, -0.05) is 23.2 Å². The van der Waals surface area contributed by atoms with E-state index < -0.39 is 16.7 Å². The molecule has 98 valence electrons. The van der Waals surface area contributed by atoms with E-state index in [0.717, 1.165) is 6.07 Å². The van der Waals surface area contributed by atoms with Gasteiger partial charge in [-0.3, -0.25) is 19.9 Å². The minimum atomic E-state index is -0.745. The van der Waals surface area contributed by atoms with E-state index in [1.54, 1.807) is 0 Å². The lowest BCUT2D eigenvalue weighted by atomic mass is 10.3. The number of carbonyl (C=O) groups is 1. The molecule has 0 aromatic carbocycles. The van der Waals surface area contributed by atoms with Gasteiger partial charge in [0.25, 0.3) is 5.91 Å². The van der Waals surface area contributed by atoms with E-state index in [-0.39, 0.29) is 21.5 Å². The van der Waals surface area contributed by atoms with Crippen LogP contribution < -0.4 is 5.32 Å². The van der Waals surface area contributed by atoms with Crippen LogP contribution >= 0.6 is 23.2 Å². The third-order valence-corrected chi connectivity index (χ3v) is 2.87. The number of furan rings is 1. The van der Waals surface area contributed by atoms with Crippen molar-refractivity contribution in [3.8, 4) is 0 Å². The summed E-state index contributed by atoms with van der Waals surface area (Å²) in [5.74, 6) is -1.44. The zero-order valence-electron chi connectivity index (χ0n) is 9.09. The van der Waals surface area contributed by atoms with Crippen LogP contribution in [-0.4, -0.2) is 15.8 Å². The maximum Gasteiger partial charge on any atom is 0.433 e. The fourth-order valence-corrected chi connectivity index (χ4v) is 1.54. The third kappa shape index (κ3) is 2.83. The molecule has 2 aromatic rings. The molecule has 7 nitrogen and oxygen atoms in total. The zero-order chi connectivity index (χ0) is 14.0. The highest BCUT2D eigenvalue weighted by atomic mass is 35.5. The highest BCUT2D eigenvalue weighted by molar-refractivity contribution is 6.43. The minimum Gasteiger partial charge on any atom is -0.395 e. The molecular weight excluding hydrogens is 297 g/mol. The lowest BCUT2D eigenvalue weighted by Gasteiger charge is -2.05. The second kappa shape index (κ2) is 5.25. The molecule has 0 atom stereocenters. The van der Waals surface area contributed by atoms with Crippen LogP contribution in [0.2, 0.25) is 10.0 Å². The molecule has 1 amide bonds. The number of anilines is 1. The number of nitrogens with one attached hydrogen (secondary N) is 1. The minimum absolute atomic E-state index is 0.117. The second-order valence-corrected chi connectivity index (χ2v) is 4.12. The van der Waals surface area contributed by atoms with Crippen molar-refractivity contribution in [2.75, 3.05) is 5.32 Å². The van der Waals surface area contributed by atoms with Gasteiger partial charge in [0.15, 0.2) is 5.76 Å². The van der Waals surface area contributed by atoms with Crippen molar-refractivity contribution in [3.05, 3.63) is 50.4 Å². The van der Waals surface area contributed by atoms with Crippen molar-refractivity contribution < 1.29 is 14.1 Å². The SMILES string of the molecule is O=C(Nc1cncc(Cl)c1Cl)c1ccc([N+](=O)[O-])o1. The molecule has 9 heteroatoms. The molecule has 1 N–H and O–H groups in total. The summed E-state index contributed by atoms with van der Waals surface area (Å²) >= 11 is 11.6. The molecule has 0 radical (unpaired) electrons. The Hall–Kier alpha value is -2.12. The lowest BCUT2D eigenvalue weighted by molar-refractivity contribution is -0.402. The summed E-state index contributed by atoms with van der Waals surface area (Å²) in [6, 6.07) is 2.26. The largest absolute Gasteiger partial charge is 0.433 e. The van der Waals surface area contributed by atoms with Gasteiger partial charge in [0.1, 0.15) is 4.92 Å². The van der Waals surface area contributed by atoms with Crippen LogP contribution in [0.4, 0.5) is 11.6 Å². The molecule has 0 fully saturated rings. The quantitative estimate of drug-likeness (QED) is 0.693. The Labute approximate surface area is 116 Å². The summed E-state index contributed by atoms with van der Waals surface area (Å²) in [7, 11) is 0. The van der Waals surface area contributed by atoms with Crippen LogP contribution in [0, 0.1) is 10.1 Å². The topological polar surface area (TPSA) is 98.3 Å². The van der Waals surface area contributed by atoms with Gasteiger partial charge in [0, 0.05) is 6.20 Å². The third-order valence-electron chi connectivity index (χ3n) is 2.08. The molecule has 0 unspecified atom stereocenters. The Morgan fingerprint density at radius 1 is 1.37 bits per heavy atom. The Balaban J connectivity index is 2.21. The average Bonchev–Trinajstić information content (AvgIpc) is 2.84. The van der Waals surface area contributed by atoms with Crippen molar-refractivity contribution in [3.63, 3.8) is 0 Å². The number of amides is 1. The van der Waals surface area contributed by atoms with E-state index in [1.807, 2.05) is 0 Å². The van der Waals surface area contributed by atoms with Crippen LogP contribution in [0.3, 0.4) is 0 Å². The smallest absolute Gasteiger partial charge is 0.395 e. The first-order chi connectivity index (χ1) is 8.99. The van der Waals surface area contributed by atoms with Crippen molar-refractivity contribution in [1.82, 2.24) is 4.98 Å². The zero-order valence-corrected chi connectivity index (χ0v) is 10.6. The number of aromatic nitrogens is 1. The fraction of sp³-hybridized carbons (Fsp3) is 0. The van der Waals surface area contributed by atoms with Gasteiger partial charge in [-0.05, 0) is 6.07 Å². The van der Waals surface area contributed by atoms with Gasteiger partial charge in [0.2, 0.25) is 0 Å². The standard InChI is InChI=1S/C10H5Cl2N3O4/c11-5-3-13-4-6(9(5)12)14-10(16)7-1-2-8(19-7)15(17)18/h1-4H,(H,14,16). The van der Waals surface area contributed by atoms with Crippen molar-refractivity contribution in [1.29, 1.82) is 0 Å². The van der Waals surface area contributed by atoms with Gasteiger partial charge in [-0.25, -0.2) is 0 Å². The van der Waals surface area contributed by atoms with Crippen molar-refractivity contribution in [2.24, 2.45) is 0 Å². The summed E-state index contributed by atoms with van der Waals surface area (Å²) in [4.78, 5) is 25.2. The molecule has 0 aliphatic heterocycles. The van der Waals surface area contributed by atoms with Crippen LogP contribution in [0.25, 0.3) is 0 Å². The lowest BCUT2D eigenvalue weighted by Crippen LogP contribution is -2.11. The van der Waals surface area contributed by atoms with Gasteiger partial charge < -0.3 is 9.73 Å². The number of hydrogen-bond donors (Lipinski definition) is 1. The number of hydrogen-bond acceptors (Lipinski definition) is 5. The van der Waals surface area contributed by atoms with Gasteiger partial charge in [-0.15, -0.1) is 0 Å². The number of nitro groups is 1. The fourth-order valence-electron chi connectivity index (χ4n) is 1.24. The van der Waals surface area contributed by atoms with Crippen LogP contribution in [-0.2, 0) is 0 Å². The maximum atomic E-state index is 11.8. The highest BCUT2D eigenvalue weighted by Gasteiger charge is 2.18. The summed E-state index contributed by atoms with van der Waals surface area (Å²) < 4.78 is 4.74. The monoisotopic (exact) mass is 301 g/mol. The van der Waals surface area contributed by atoms with E-state index in [2.05, 4.69) is 10.3 Å². The van der Waals surface area contributed by atoms with Gasteiger partial charge in [-0.2, -0.15) is 0 Å². The van der Waals surface area contributed by atoms with Gasteiger partial charge in [0.05, 0.1) is 28.0 Å². The normalized spacial score (nSPS) is 10.2. The number of rotatable bonds is 3. The van der Waals surface area contributed by atoms with Crippen molar-refractivity contribution >= 4 is 40.7 Å². The summed E-state index contributed by atoms with van der Waals surface area (Å²) in [6.07, 6.45) is 2.61. The average molecular weight is 302 g/mol. The molecule has 0 aliphatic rings.